The molecule has 0 N–H and O–H groups in total. The summed E-state index contributed by atoms with van der Waals surface area (Å²) in [6.45, 7) is 5.75. The number of benzene rings is 2. The Hall–Kier alpha value is -1.96. The van der Waals surface area contributed by atoms with Crippen LogP contribution in [0, 0.1) is 13.8 Å². The standard InChI is InChI=1S/C18H20O2/c1-13-4-3-5-17(14(13)2)19-10-8-15-6-7-18-16(12-15)9-11-20-18/h3-7,12H,8-11H2,1-2H3. The van der Waals surface area contributed by atoms with Crippen molar-refractivity contribution in [1.29, 1.82) is 0 Å². The van der Waals surface area contributed by atoms with Crippen molar-refractivity contribution in [2.45, 2.75) is 26.7 Å². The highest BCUT2D eigenvalue weighted by molar-refractivity contribution is 5.40. The van der Waals surface area contributed by atoms with E-state index in [4.69, 9.17) is 9.47 Å². The molecule has 2 nitrogen and oxygen atoms in total. The number of fused-ring (bicyclic) bond motifs is 1. The summed E-state index contributed by atoms with van der Waals surface area (Å²) in [5.74, 6) is 2.04. The largest absolute Gasteiger partial charge is 0.493 e. The molecule has 0 spiro atoms. The van der Waals surface area contributed by atoms with Gasteiger partial charge in [-0.15, -0.1) is 0 Å². The first-order chi connectivity index (χ1) is 9.74. The van der Waals surface area contributed by atoms with Gasteiger partial charge < -0.3 is 9.47 Å². The van der Waals surface area contributed by atoms with Gasteiger partial charge in [0.05, 0.1) is 13.2 Å². The molecule has 20 heavy (non-hydrogen) atoms. The first-order valence-electron chi connectivity index (χ1n) is 7.17. The first-order valence-corrected chi connectivity index (χ1v) is 7.17. The predicted octanol–water partition coefficient (Wildman–Crippen LogP) is 3.86. The molecular formula is C18H20O2. The van der Waals surface area contributed by atoms with E-state index in [-0.39, 0.29) is 0 Å². The van der Waals surface area contributed by atoms with Gasteiger partial charge >= 0.3 is 0 Å². The molecule has 3 rings (SSSR count). The molecule has 1 aliphatic heterocycles. The smallest absolute Gasteiger partial charge is 0.122 e. The van der Waals surface area contributed by atoms with E-state index in [1.54, 1.807) is 0 Å². The Morgan fingerprint density at radius 1 is 1.15 bits per heavy atom. The van der Waals surface area contributed by atoms with E-state index in [1.165, 1.54) is 22.3 Å². The molecule has 0 bridgehead atoms. The zero-order chi connectivity index (χ0) is 13.9. The number of aryl methyl sites for hydroxylation is 1. The van der Waals surface area contributed by atoms with Crippen molar-refractivity contribution in [1.82, 2.24) is 0 Å². The van der Waals surface area contributed by atoms with Crippen LogP contribution in [0.5, 0.6) is 11.5 Å². The summed E-state index contributed by atoms with van der Waals surface area (Å²) in [5, 5.41) is 0. The summed E-state index contributed by atoms with van der Waals surface area (Å²) in [6, 6.07) is 12.7. The molecule has 1 aliphatic rings. The molecule has 0 aliphatic carbocycles. The normalized spacial score (nSPS) is 12.9. The molecule has 0 aromatic heterocycles. The van der Waals surface area contributed by atoms with Crippen molar-refractivity contribution in [2.75, 3.05) is 13.2 Å². The second-order valence-corrected chi connectivity index (χ2v) is 5.34. The molecular weight excluding hydrogens is 248 g/mol. The Morgan fingerprint density at radius 2 is 2.05 bits per heavy atom. The van der Waals surface area contributed by atoms with Gasteiger partial charge in [0.25, 0.3) is 0 Å². The van der Waals surface area contributed by atoms with Gasteiger partial charge in [0.15, 0.2) is 0 Å². The minimum absolute atomic E-state index is 0.712. The Bertz CT molecular complexity index is 617. The monoisotopic (exact) mass is 268 g/mol. The highest BCUT2D eigenvalue weighted by Crippen LogP contribution is 2.26. The fourth-order valence-corrected chi connectivity index (χ4v) is 2.55. The molecule has 2 aromatic rings. The van der Waals surface area contributed by atoms with E-state index in [1.807, 2.05) is 12.1 Å². The molecule has 0 amide bonds. The number of hydrogen-bond donors (Lipinski definition) is 0. The third-order valence-corrected chi connectivity index (χ3v) is 3.96. The molecule has 0 radical (unpaired) electrons. The lowest BCUT2D eigenvalue weighted by Gasteiger charge is -2.11. The maximum Gasteiger partial charge on any atom is 0.122 e. The van der Waals surface area contributed by atoms with Crippen LogP contribution in [0.1, 0.15) is 22.3 Å². The zero-order valence-electron chi connectivity index (χ0n) is 12.1. The van der Waals surface area contributed by atoms with Crippen LogP contribution < -0.4 is 9.47 Å². The van der Waals surface area contributed by atoms with Crippen LogP contribution >= 0.6 is 0 Å². The van der Waals surface area contributed by atoms with Gasteiger partial charge in [-0.25, -0.2) is 0 Å². The van der Waals surface area contributed by atoms with Crippen LogP contribution in [-0.4, -0.2) is 13.2 Å². The summed E-state index contributed by atoms with van der Waals surface area (Å²) in [4.78, 5) is 0. The van der Waals surface area contributed by atoms with Crippen molar-refractivity contribution in [3.8, 4) is 11.5 Å². The fraction of sp³-hybridized carbons (Fsp3) is 0.333. The molecule has 0 atom stereocenters. The molecule has 0 saturated carbocycles. The quantitative estimate of drug-likeness (QED) is 0.838. The molecule has 1 heterocycles. The third kappa shape index (κ3) is 2.64. The Labute approximate surface area is 120 Å². The Kier molecular flexibility index (Phi) is 3.64. The van der Waals surface area contributed by atoms with Crippen LogP contribution in [-0.2, 0) is 12.8 Å². The van der Waals surface area contributed by atoms with E-state index in [0.29, 0.717) is 6.61 Å². The van der Waals surface area contributed by atoms with Crippen LogP contribution in [0.15, 0.2) is 36.4 Å². The number of rotatable bonds is 4. The average Bonchev–Trinajstić information content (AvgIpc) is 2.91. The maximum absolute atomic E-state index is 5.91. The van der Waals surface area contributed by atoms with Gasteiger partial charge in [0, 0.05) is 12.8 Å². The SMILES string of the molecule is Cc1cccc(OCCc2ccc3c(c2)CCO3)c1C. The van der Waals surface area contributed by atoms with Crippen LogP contribution in [0.2, 0.25) is 0 Å². The summed E-state index contributed by atoms with van der Waals surface area (Å²) in [6.07, 6.45) is 1.96. The fourth-order valence-electron chi connectivity index (χ4n) is 2.55. The van der Waals surface area contributed by atoms with Gasteiger partial charge in [-0.3, -0.25) is 0 Å². The van der Waals surface area contributed by atoms with Crippen LogP contribution in [0.25, 0.3) is 0 Å². The minimum atomic E-state index is 0.712. The lowest BCUT2D eigenvalue weighted by Crippen LogP contribution is -2.03. The molecule has 104 valence electrons. The number of hydrogen-bond acceptors (Lipinski definition) is 2. The Morgan fingerprint density at radius 3 is 2.95 bits per heavy atom. The summed E-state index contributed by atoms with van der Waals surface area (Å²) in [5.41, 5.74) is 5.15. The van der Waals surface area contributed by atoms with Gasteiger partial charge in [0.2, 0.25) is 0 Å². The molecule has 2 heteroatoms. The van der Waals surface area contributed by atoms with Gasteiger partial charge in [-0.1, -0.05) is 24.3 Å². The maximum atomic E-state index is 5.91. The van der Waals surface area contributed by atoms with E-state index in [0.717, 1.165) is 30.9 Å². The second-order valence-electron chi connectivity index (χ2n) is 5.34. The number of ether oxygens (including phenoxy) is 2. The van der Waals surface area contributed by atoms with E-state index >= 15 is 0 Å². The van der Waals surface area contributed by atoms with Crippen molar-refractivity contribution >= 4 is 0 Å². The zero-order valence-corrected chi connectivity index (χ0v) is 12.1. The second kappa shape index (κ2) is 5.58. The van der Waals surface area contributed by atoms with Crippen molar-refractivity contribution in [2.24, 2.45) is 0 Å². The van der Waals surface area contributed by atoms with Crippen molar-refractivity contribution in [3.63, 3.8) is 0 Å². The van der Waals surface area contributed by atoms with Gasteiger partial charge in [-0.05, 0) is 48.2 Å². The predicted molar refractivity (Wildman–Crippen MR) is 80.8 cm³/mol. The lowest BCUT2D eigenvalue weighted by molar-refractivity contribution is 0.319. The van der Waals surface area contributed by atoms with Gasteiger partial charge in [-0.2, -0.15) is 0 Å². The average molecular weight is 268 g/mol. The molecule has 0 unspecified atom stereocenters. The highest BCUT2D eigenvalue weighted by atomic mass is 16.5. The summed E-state index contributed by atoms with van der Waals surface area (Å²) < 4.78 is 11.4. The first kappa shape index (κ1) is 13.0. The molecule has 0 saturated heterocycles. The highest BCUT2D eigenvalue weighted by Gasteiger charge is 2.11. The summed E-state index contributed by atoms with van der Waals surface area (Å²) >= 11 is 0. The molecule has 2 aromatic carbocycles. The van der Waals surface area contributed by atoms with E-state index in [9.17, 15) is 0 Å². The van der Waals surface area contributed by atoms with E-state index < -0.39 is 0 Å². The Balaban J connectivity index is 1.61. The minimum Gasteiger partial charge on any atom is -0.493 e. The lowest BCUT2D eigenvalue weighted by atomic mass is 10.1. The summed E-state index contributed by atoms with van der Waals surface area (Å²) in [7, 11) is 0. The van der Waals surface area contributed by atoms with Crippen LogP contribution in [0.4, 0.5) is 0 Å². The third-order valence-electron chi connectivity index (χ3n) is 3.96. The van der Waals surface area contributed by atoms with Crippen molar-refractivity contribution < 1.29 is 9.47 Å². The topological polar surface area (TPSA) is 18.5 Å². The van der Waals surface area contributed by atoms with E-state index in [2.05, 4.69) is 38.1 Å². The molecule has 0 fully saturated rings. The van der Waals surface area contributed by atoms with Crippen molar-refractivity contribution in [3.05, 3.63) is 58.7 Å². The van der Waals surface area contributed by atoms with Crippen LogP contribution in [0.3, 0.4) is 0 Å². The van der Waals surface area contributed by atoms with Gasteiger partial charge in [0.1, 0.15) is 11.5 Å².